The van der Waals surface area contributed by atoms with E-state index in [0.717, 1.165) is 24.3 Å². The molecule has 0 aliphatic carbocycles. The molecule has 0 aliphatic heterocycles. The van der Waals surface area contributed by atoms with E-state index in [0.29, 0.717) is 11.5 Å². The van der Waals surface area contributed by atoms with Gasteiger partial charge in [0.1, 0.15) is 5.75 Å². The van der Waals surface area contributed by atoms with Crippen molar-refractivity contribution in [3.63, 3.8) is 0 Å². The lowest BCUT2D eigenvalue weighted by atomic mass is 10.2. The van der Waals surface area contributed by atoms with Crippen LogP contribution >= 0.6 is 12.6 Å². The molecule has 0 heterocycles. The molecule has 0 amide bonds. The molecule has 14 heavy (non-hydrogen) atoms. The van der Waals surface area contributed by atoms with E-state index in [9.17, 15) is 5.11 Å². The Morgan fingerprint density at radius 1 is 1.29 bits per heavy atom. The lowest BCUT2D eigenvalue weighted by molar-refractivity contribution is 0.470. The molecule has 1 N–H and O–H groups in total. The molecule has 0 fully saturated rings. The summed E-state index contributed by atoms with van der Waals surface area (Å²) < 4.78 is 0. The molecule has 2 nitrogen and oxygen atoms in total. The maximum Gasteiger partial charge on any atom is 0.121 e. The first kappa shape index (κ1) is 11.2. The molecule has 0 radical (unpaired) electrons. The maximum absolute atomic E-state index is 9.66. The van der Waals surface area contributed by atoms with Gasteiger partial charge in [-0.3, -0.25) is 0 Å². The number of phenolic OH excluding ortho intramolecular Hbond substituents is 1. The van der Waals surface area contributed by atoms with Crippen LogP contribution in [0.3, 0.4) is 0 Å². The lowest BCUT2D eigenvalue weighted by Gasteiger charge is -2.21. The third kappa shape index (κ3) is 2.35. The second kappa shape index (κ2) is 5.15. The van der Waals surface area contributed by atoms with Gasteiger partial charge in [-0.1, -0.05) is 6.07 Å². The first-order chi connectivity index (χ1) is 6.72. The van der Waals surface area contributed by atoms with Crippen molar-refractivity contribution in [3.05, 3.63) is 23.8 Å². The molecule has 0 bridgehead atoms. The van der Waals surface area contributed by atoms with Crippen LogP contribution in [0.5, 0.6) is 5.75 Å². The Bertz CT molecular complexity index is 297. The molecule has 1 aromatic carbocycles. The standard InChI is InChI=1S/C11H17NOS/c1-3-12(4-2)10-6-5-9(8-14)11(13)7-10/h5-7,13-14H,3-4,8H2,1-2H3. The van der Waals surface area contributed by atoms with Crippen molar-refractivity contribution in [2.24, 2.45) is 0 Å². The highest BCUT2D eigenvalue weighted by molar-refractivity contribution is 7.79. The first-order valence-corrected chi connectivity index (χ1v) is 5.53. The van der Waals surface area contributed by atoms with Crippen molar-refractivity contribution >= 4 is 18.3 Å². The van der Waals surface area contributed by atoms with Crippen LogP contribution in [0.15, 0.2) is 18.2 Å². The van der Waals surface area contributed by atoms with Gasteiger partial charge in [0.15, 0.2) is 0 Å². The van der Waals surface area contributed by atoms with Crippen LogP contribution in [0, 0.1) is 0 Å². The van der Waals surface area contributed by atoms with Crippen LogP contribution < -0.4 is 4.90 Å². The molecule has 0 aromatic heterocycles. The highest BCUT2D eigenvalue weighted by atomic mass is 32.1. The van der Waals surface area contributed by atoms with Gasteiger partial charge < -0.3 is 10.0 Å². The Hall–Kier alpha value is -0.830. The normalized spacial score (nSPS) is 10.2. The van der Waals surface area contributed by atoms with Gasteiger partial charge in [0.05, 0.1) is 0 Å². The van der Waals surface area contributed by atoms with Crippen molar-refractivity contribution in [3.8, 4) is 5.75 Å². The van der Waals surface area contributed by atoms with Crippen molar-refractivity contribution in [2.75, 3.05) is 18.0 Å². The van der Waals surface area contributed by atoms with E-state index < -0.39 is 0 Å². The fraction of sp³-hybridized carbons (Fsp3) is 0.455. The van der Waals surface area contributed by atoms with Crippen LogP contribution in [0.25, 0.3) is 0 Å². The van der Waals surface area contributed by atoms with Gasteiger partial charge in [-0.2, -0.15) is 12.6 Å². The Morgan fingerprint density at radius 3 is 2.36 bits per heavy atom. The quantitative estimate of drug-likeness (QED) is 0.748. The summed E-state index contributed by atoms with van der Waals surface area (Å²) in [6.45, 7) is 6.12. The van der Waals surface area contributed by atoms with E-state index in [-0.39, 0.29) is 0 Å². The maximum atomic E-state index is 9.66. The van der Waals surface area contributed by atoms with Gasteiger partial charge >= 0.3 is 0 Å². The molecular weight excluding hydrogens is 194 g/mol. The number of nitrogens with zero attached hydrogens (tertiary/aromatic N) is 1. The summed E-state index contributed by atoms with van der Waals surface area (Å²) in [5.74, 6) is 0.911. The second-order valence-corrected chi connectivity index (χ2v) is 3.46. The zero-order chi connectivity index (χ0) is 10.6. The molecule has 0 saturated carbocycles. The van der Waals surface area contributed by atoms with Crippen molar-refractivity contribution in [2.45, 2.75) is 19.6 Å². The number of thiol groups is 1. The Labute approximate surface area is 91.0 Å². The number of benzene rings is 1. The summed E-state index contributed by atoms with van der Waals surface area (Å²) >= 11 is 4.14. The van der Waals surface area contributed by atoms with Gasteiger partial charge in [-0.15, -0.1) is 0 Å². The van der Waals surface area contributed by atoms with Gasteiger partial charge in [0.2, 0.25) is 0 Å². The zero-order valence-corrected chi connectivity index (χ0v) is 9.59. The molecule has 1 rings (SSSR count). The molecule has 0 aliphatic rings. The van der Waals surface area contributed by atoms with E-state index in [2.05, 4.69) is 31.4 Å². The molecule has 3 heteroatoms. The average molecular weight is 211 g/mol. The summed E-state index contributed by atoms with van der Waals surface area (Å²) in [6, 6.07) is 5.76. The molecular formula is C11H17NOS. The predicted molar refractivity (Wildman–Crippen MR) is 64.4 cm³/mol. The fourth-order valence-electron chi connectivity index (χ4n) is 1.47. The van der Waals surface area contributed by atoms with E-state index in [4.69, 9.17) is 0 Å². The van der Waals surface area contributed by atoms with Crippen molar-refractivity contribution < 1.29 is 5.11 Å². The Balaban J connectivity index is 2.95. The largest absolute Gasteiger partial charge is 0.508 e. The van der Waals surface area contributed by atoms with Gasteiger partial charge in [-0.25, -0.2) is 0 Å². The van der Waals surface area contributed by atoms with Crippen LogP contribution in [-0.2, 0) is 5.75 Å². The molecule has 78 valence electrons. The SMILES string of the molecule is CCN(CC)c1ccc(CS)c(O)c1. The summed E-state index contributed by atoms with van der Waals surface area (Å²) in [4.78, 5) is 2.20. The molecule has 0 saturated heterocycles. The summed E-state index contributed by atoms with van der Waals surface area (Å²) in [5, 5.41) is 9.66. The third-order valence-corrected chi connectivity index (χ3v) is 2.71. The number of hydrogen-bond donors (Lipinski definition) is 2. The van der Waals surface area contributed by atoms with E-state index in [1.165, 1.54) is 0 Å². The van der Waals surface area contributed by atoms with Gasteiger partial charge in [0, 0.05) is 36.2 Å². The van der Waals surface area contributed by atoms with Gasteiger partial charge in [-0.05, 0) is 19.9 Å². The average Bonchev–Trinajstić information content (AvgIpc) is 2.20. The topological polar surface area (TPSA) is 23.5 Å². The van der Waals surface area contributed by atoms with Crippen LogP contribution in [0.1, 0.15) is 19.4 Å². The number of aromatic hydroxyl groups is 1. The van der Waals surface area contributed by atoms with Crippen LogP contribution in [0.4, 0.5) is 5.69 Å². The molecule has 0 unspecified atom stereocenters. The van der Waals surface area contributed by atoms with E-state index >= 15 is 0 Å². The second-order valence-electron chi connectivity index (χ2n) is 3.14. The molecule has 1 aromatic rings. The minimum atomic E-state index is 0.337. The third-order valence-electron chi connectivity index (χ3n) is 2.37. The monoisotopic (exact) mass is 211 g/mol. The number of hydrogen-bond acceptors (Lipinski definition) is 3. The number of anilines is 1. The van der Waals surface area contributed by atoms with Crippen molar-refractivity contribution in [1.82, 2.24) is 0 Å². The van der Waals surface area contributed by atoms with E-state index in [1.807, 2.05) is 12.1 Å². The summed E-state index contributed by atoms with van der Waals surface area (Å²) in [5.41, 5.74) is 1.95. The molecule has 0 atom stereocenters. The van der Waals surface area contributed by atoms with E-state index in [1.54, 1.807) is 6.07 Å². The minimum absolute atomic E-state index is 0.337. The number of rotatable bonds is 4. The first-order valence-electron chi connectivity index (χ1n) is 4.90. The Morgan fingerprint density at radius 2 is 1.93 bits per heavy atom. The summed E-state index contributed by atoms with van der Waals surface area (Å²) in [7, 11) is 0. The van der Waals surface area contributed by atoms with Gasteiger partial charge in [0.25, 0.3) is 0 Å². The highest BCUT2D eigenvalue weighted by Crippen LogP contribution is 2.25. The smallest absolute Gasteiger partial charge is 0.121 e. The number of phenols is 1. The van der Waals surface area contributed by atoms with Crippen molar-refractivity contribution in [1.29, 1.82) is 0 Å². The van der Waals surface area contributed by atoms with Crippen LogP contribution in [-0.4, -0.2) is 18.2 Å². The van der Waals surface area contributed by atoms with Crippen LogP contribution in [0.2, 0.25) is 0 Å². The lowest BCUT2D eigenvalue weighted by Crippen LogP contribution is -2.21. The zero-order valence-electron chi connectivity index (χ0n) is 8.70. The minimum Gasteiger partial charge on any atom is -0.508 e. The molecule has 0 spiro atoms. The highest BCUT2D eigenvalue weighted by Gasteiger charge is 2.05. The Kier molecular flexibility index (Phi) is 4.14. The predicted octanol–water partition coefficient (Wildman–Crippen LogP) is 2.67. The fourth-order valence-corrected chi connectivity index (χ4v) is 1.74. The summed E-state index contributed by atoms with van der Waals surface area (Å²) in [6.07, 6.45) is 0.